The maximum Gasteiger partial charge on any atom is 0.357 e. The number of carbonyl (C=O) groups excluding carboxylic acids is 2. The summed E-state index contributed by atoms with van der Waals surface area (Å²) >= 11 is 1.26. The lowest BCUT2D eigenvalue weighted by atomic mass is 10.1. The van der Waals surface area contributed by atoms with Gasteiger partial charge in [0.1, 0.15) is 12.9 Å². The molecule has 0 unspecified atom stereocenters. The van der Waals surface area contributed by atoms with E-state index in [0.29, 0.717) is 11.6 Å². The summed E-state index contributed by atoms with van der Waals surface area (Å²) in [4.78, 5) is 29.0. The molecule has 0 fully saturated rings. The van der Waals surface area contributed by atoms with Gasteiger partial charge in [0.25, 0.3) is 0 Å². The van der Waals surface area contributed by atoms with E-state index in [1.54, 1.807) is 0 Å². The maximum absolute atomic E-state index is 12.0. The molecule has 2 heterocycles. The number of esters is 1. The Morgan fingerprint density at radius 1 is 1.23 bits per heavy atom. The number of rotatable bonds is 7. The number of hydrogen-bond donors (Lipinski definition) is 1. The van der Waals surface area contributed by atoms with Crippen molar-refractivity contribution in [1.82, 2.24) is 25.2 Å². The molecule has 26 heavy (non-hydrogen) atoms. The van der Waals surface area contributed by atoms with Crippen LogP contribution in [-0.4, -0.2) is 44.2 Å². The summed E-state index contributed by atoms with van der Waals surface area (Å²) < 4.78 is 6.09. The Kier molecular flexibility index (Phi) is 5.64. The standard InChI is InChI=1S/C16H16N6O3S/c1-25-15(24)14-12(8-7-11-5-3-2-4-6-11)26-16(19-14)18-13(23)9-22-10-17-20-21-22/h2-6,10H,7-9H2,1H3,(H,18,19,23). The van der Waals surface area contributed by atoms with Gasteiger partial charge in [-0.25, -0.2) is 14.5 Å². The fourth-order valence-corrected chi connectivity index (χ4v) is 3.26. The van der Waals surface area contributed by atoms with Crippen LogP contribution in [0.4, 0.5) is 5.13 Å². The number of hydrogen-bond acceptors (Lipinski definition) is 8. The summed E-state index contributed by atoms with van der Waals surface area (Å²) in [6.45, 7) is -0.0422. The first-order valence-electron chi connectivity index (χ1n) is 7.78. The Balaban J connectivity index is 1.71. The van der Waals surface area contributed by atoms with Gasteiger partial charge in [-0.1, -0.05) is 30.3 Å². The number of anilines is 1. The van der Waals surface area contributed by atoms with Gasteiger partial charge in [-0.15, -0.1) is 16.4 Å². The van der Waals surface area contributed by atoms with Crippen LogP contribution in [0.3, 0.4) is 0 Å². The molecule has 0 aliphatic rings. The molecule has 1 aromatic carbocycles. The molecule has 3 rings (SSSR count). The normalized spacial score (nSPS) is 10.5. The number of methoxy groups -OCH3 is 1. The number of thiazole rings is 1. The van der Waals surface area contributed by atoms with Crippen LogP contribution in [0.15, 0.2) is 36.7 Å². The second-order valence-corrected chi connectivity index (χ2v) is 6.41. The van der Waals surface area contributed by atoms with Gasteiger partial charge in [-0.3, -0.25) is 4.79 Å². The zero-order valence-corrected chi connectivity index (χ0v) is 14.8. The number of nitrogens with zero attached hydrogens (tertiary/aromatic N) is 5. The van der Waals surface area contributed by atoms with E-state index in [1.807, 2.05) is 30.3 Å². The molecule has 0 radical (unpaired) electrons. The summed E-state index contributed by atoms with van der Waals surface area (Å²) in [5.41, 5.74) is 1.38. The molecule has 0 aliphatic carbocycles. The summed E-state index contributed by atoms with van der Waals surface area (Å²) in [5.74, 6) is -0.859. The molecule has 3 aromatic rings. The van der Waals surface area contributed by atoms with Crippen LogP contribution in [0.1, 0.15) is 20.9 Å². The molecule has 0 spiro atoms. The van der Waals surface area contributed by atoms with Crippen molar-refractivity contribution in [3.05, 3.63) is 52.8 Å². The minimum atomic E-state index is -0.523. The number of carbonyl (C=O) groups is 2. The average Bonchev–Trinajstić information content (AvgIpc) is 3.30. The highest BCUT2D eigenvalue weighted by Gasteiger charge is 2.20. The van der Waals surface area contributed by atoms with Gasteiger partial charge in [0.05, 0.1) is 7.11 Å². The monoisotopic (exact) mass is 372 g/mol. The summed E-state index contributed by atoms with van der Waals surface area (Å²) in [6, 6.07) is 9.93. The molecule has 134 valence electrons. The first kappa shape index (κ1) is 17.7. The van der Waals surface area contributed by atoms with Gasteiger partial charge in [-0.2, -0.15) is 0 Å². The molecule has 0 aliphatic heterocycles. The van der Waals surface area contributed by atoms with Crippen LogP contribution >= 0.6 is 11.3 Å². The van der Waals surface area contributed by atoms with Crippen molar-refractivity contribution < 1.29 is 14.3 Å². The fraction of sp³-hybridized carbons (Fsp3) is 0.250. The second-order valence-electron chi connectivity index (χ2n) is 5.32. The zero-order chi connectivity index (χ0) is 18.4. The van der Waals surface area contributed by atoms with Gasteiger partial charge >= 0.3 is 5.97 Å². The van der Waals surface area contributed by atoms with E-state index in [9.17, 15) is 9.59 Å². The lowest BCUT2D eigenvalue weighted by Gasteiger charge is -2.01. The molecule has 0 saturated heterocycles. The van der Waals surface area contributed by atoms with E-state index in [1.165, 1.54) is 29.5 Å². The fourth-order valence-electron chi connectivity index (χ4n) is 2.29. The number of tetrazole rings is 1. The van der Waals surface area contributed by atoms with Gasteiger partial charge < -0.3 is 10.1 Å². The first-order valence-corrected chi connectivity index (χ1v) is 8.60. The summed E-state index contributed by atoms with van der Waals surface area (Å²) in [5, 5.41) is 13.6. The Morgan fingerprint density at radius 2 is 2.04 bits per heavy atom. The maximum atomic E-state index is 12.0. The third-order valence-electron chi connectivity index (χ3n) is 3.50. The van der Waals surface area contributed by atoms with Crippen LogP contribution < -0.4 is 5.32 Å². The predicted octanol–water partition coefficient (Wildman–Crippen LogP) is 1.34. The molecule has 10 heteroatoms. The third-order valence-corrected chi connectivity index (χ3v) is 4.53. The molecule has 0 atom stereocenters. The van der Waals surface area contributed by atoms with Crippen molar-refractivity contribution in [2.45, 2.75) is 19.4 Å². The molecule has 0 bridgehead atoms. The molecule has 2 aromatic heterocycles. The quantitative estimate of drug-likeness (QED) is 0.623. The van der Waals surface area contributed by atoms with Crippen LogP contribution in [0.25, 0.3) is 0 Å². The van der Waals surface area contributed by atoms with E-state index in [4.69, 9.17) is 4.74 Å². The van der Waals surface area contributed by atoms with E-state index < -0.39 is 5.97 Å². The molecule has 1 N–H and O–H groups in total. The van der Waals surface area contributed by atoms with E-state index in [2.05, 4.69) is 25.8 Å². The van der Waals surface area contributed by atoms with Crippen molar-refractivity contribution in [2.24, 2.45) is 0 Å². The molecule has 1 amide bonds. The van der Waals surface area contributed by atoms with E-state index >= 15 is 0 Å². The average molecular weight is 372 g/mol. The summed E-state index contributed by atoms with van der Waals surface area (Å²) in [7, 11) is 1.30. The minimum Gasteiger partial charge on any atom is -0.464 e. The highest BCUT2D eigenvalue weighted by Crippen LogP contribution is 2.25. The van der Waals surface area contributed by atoms with Crippen molar-refractivity contribution in [1.29, 1.82) is 0 Å². The van der Waals surface area contributed by atoms with Gasteiger partial charge in [0.15, 0.2) is 10.8 Å². The highest BCUT2D eigenvalue weighted by molar-refractivity contribution is 7.16. The minimum absolute atomic E-state index is 0.0422. The second kappa shape index (κ2) is 8.30. The molecule has 9 nitrogen and oxygen atoms in total. The predicted molar refractivity (Wildman–Crippen MR) is 93.8 cm³/mol. The topological polar surface area (TPSA) is 112 Å². The van der Waals surface area contributed by atoms with E-state index in [-0.39, 0.29) is 18.1 Å². The highest BCUT2D eigenvalue weighted by atomic mass is 32.1. The van der Waals surface area contributed by atoms with Gasteiger partial charge in [0, 0.05) is 4.88 Å². The molecule has 0 saturated carbocycles. The Hall–Kier alpha value is -3.14. The number of aromatic nitrogens is 5. The van der Waals surface area contributed by atoms with Crippen LogP contribution in [-0.2, 0) is 28.9 Å². The van der Waals surface area contributed by atoms with Crippen molar-refractivity contribution >= 4 is 28.3 Å². The molecular weight excluding hydrogens is 356 g/mol. The number of ether oxygens (including phenoxy) is 1. The largest absolute Gasteiger partial charge is 0.464 e. The van der Waals surface area contributed by atoms with Crippen molar-refractivity contribution in [3.8, 4) is 0 Å². The smallest absolute Gasteiger partial charge is 0.357 e. The van der Waals surface area contributed by atoms with Crippen LogP contribution in [0.2, 0.25) is 0 Å². The van der Waals surface area contributed by atoms with E-state index in [0.717, 1.165) is 16.9 Å². The van der Waals surface area contributed by atoms with Crippen molar-refractivity contribution in [2.75, 3.05) is 12.4 Å². The zero-order valence-electron chi connectivity index (χ0n) is 14.0. The van der Waals surface area contributed by atoms with Gasteiger partial charge in [-0.05, 0) is 28.8 Å². The number of benzene rings is 1. The first-order chi connectivity index (χ1) is 12.7. The number of amides is 1. The Morgan fingerprint density at radius 3 is 2.73 bits per heavy atom. The van der Waals surface area contributed by atoms with Crippen LogP contribution in [0.5, 0.6) is 0 Å². The third kappa shape index (κ3) is 4.48. The Labute approximate surface area is 153 Å². The molecular formula is C16H16N6O3S. The summed E-state index contributed by atoms with van der Waals surface area (Å²) in [6.07, 6.45) is 2.71. The number of aryl methyl sites for hydroxylation is 2. The number of nitrogens with one attached hydrogen (secondary N) is 1. The van der Waals surface area contributed by atoms with Crippen LogP contribution in [0, 0.1) is 0 Å². The van der Waals surface area contributed by atoms with Crippen molar-refractivity contribution in [3.63, 3.8) is 0 Å². The lowest BCUT2D eigenvalue weighted by Crippen LogP contribution is -2.19. The van der Waals surface area contributed by atoms with Gasteiger partial charge in [0.2, 0.25) is 5.91 Å². The lowest BCUT2D eigenvalue weighted by molar-refractivity contribution is -0.116. The SMILES string of the molecule is COC(=O)c1nc(NC(=O)Cn2cnnn2)sc1CCc1ccccc1. The Bertz CT molecular complexity index is 879.